The SMILES string of the molecule is COCCCN1C(=O)C[C@](CC(=O)N2CCCC[C@@H]2c2nc3ccccc3[nH]2)(c2ccccc2)C1=O. The van der Waals surface area contributed by atoms with Gasteiger partial charge in [0.05, 0.1) is 22.5 Å². The number of likely N-dealkylation sites (tertiary alicyclic amines) is 2. The molecule has 188 valence electrons. The van der Waals surface area contributed by atoms with E-state index in [-0.39, 0.29) is 36.6 Å². The van der Waals surface area contributed by atoms with Crippen LogP contribution in [0.1, 0.15) is 56.0 Å². The molecule has 5 rings (SSSR count). The first kappa shape index (κ1) is 24.2. The van der Waals surface area contributed by atoms with Crippen LogP contribution in [0.25, 0.3) is 11.0 Å². The number of hydrogen-bond acceptors (Lipinski definition) is 5. The quantitative estimate of drug-likeness (QED) is 0.385. The van der Waals surface area contributed by atoms with Crippen LogP contribution in [-0.2, 0) is 24.5 Å². The number of H-pyrrole nitrogens is 1. The predicted molar refractivity (Wildman–Crippen MR) is 135 cm³/mol. The van der Waals surface area contributed by atoms with E-state index in [0.29, 0.717) is 31.7 Å². The minimum Gasteiger partial charge on any atom is -0.385 e. The fourth-order valence-corrected chi connectivity index (χ4v) is 5.62. The smallest absolute Gasteiger partial charge is 0.240 e. The third-order valence-electron chi connectivity index (χ3n) is 7.46. The zero-order valence-electron chi connectivity index (χ0n) is 20.6. The van der Waals surface area contributed by atoms with E-state index >= 15 is 0 Å². The Morgan fingerprint density at radius 1 is 1.11 bits per heavy atom. The maximum Gasteiger partial charge on any atom is 0.240 e. The number of carbonyl (C=O) groups excluding carboxylic acids is 3. The Kier molecular flexibility index (Phi) is 6.87. The number of hydrogen-bond donors (Lipinski definition) is 1. The van der Waals surface area contributed by atoms with E-state index in [1.54, 1.807) is 7.11 Å². The Bertz CT molecular complexity index is 1220. The van der Waals surface area contributed by atoms with E-state index in [1.807, 2.05) is 59.5 Å². The van der Waals surface area contributed by atoms with Crippen LogP contribution in [-0.4, -0.2) is 64.3 Å². The van der Waals surface area contributed by atoms with E-state index in [2.05, 4.69) is 4.98 Å². The van der Waals surface area contributed by atoms with Gasteiger partial charge >= 0.3 is 0 Å². The van der Waals surface area contributed by atoms with Gasteiger partial charge < -0.3 is 14.6 Å². The fraction of sp³-hybridized carbons (Fsp3) is 0.429. The van der Waals surface area contributed by atoms with Crippen LogP contribution in [0.3, 0.4) is 0 Å². The number of aromatic amines is 1. The van der Waals surface area contributed by atoms with E-state index in [9.17, 15) is 14.4 Å². The van der Waals surface area contributed by atoms with Crippen molar-refractivity contribution in [2.45, 2.75) is 50.0 Å². The molecule has 3 aromatic rings. The van der Waals surface area contributed by atoms with Gasteiger partial charge in [0, 0.05) is 39.6 Å². The molecule has 1 aromatic heterocycles. The van der Waals surface area contributed by atoms with E-state index in [0.717, 1.165) is 36.1 Å². The number of nitrogens with one attached hydrogen (secondary N) is 1. The number of carbonyl (C=O) groups is 3. The molecule has 0 saturated carbocycles. The highest BCUT2D eigenvalue weighted by atomic mass is 16.5. The van der Waals surface area contributed by atoms with Crippen molar-refractivity contribution in [1.29, 1.82) is 0 Å². The van der Waals surface area contributed by atoms with Gasteiger partial charge in [0.1, 0.15) is 5.82 Å². The maximum absolute atomic E-state index is 13.9. The highest BCUT2D eigenvalue weighted by Gasteiger charge is 2.54. The number of aromatic nitrogens is 2. The highest BCUT2D eigenvalue weighted by Crippen LogP contribution is 2.42. The van der Waals surface area contributed by atoms with Crippen molar-refractivity contribution >= 4 is 28.8 Å². The largest absolute Gasteiger partial charge is 0.385 e. The van der Waals surface area contributed by atoms with Gasteiger partial charge in [-0.3, -0.25) is 19.3 Å². The summed E-state index contributed by atoms with van der Waals surface area (Å²) < 4.78 is 5.11. The van der Waals surface area contributed by atoms with Crippen molar-refractivity contribution < 1.29 is 19.1 Å². The topological polar surface area (TPSA) is 95.6 Å². The molecule has 0 aliphatic carbocycles. The number of rotatable bonds is 8. The summed E-state index contributed by atoms with van der Waals surface area (Å²) in [6.45, 7) is 1.35. The molecule has 1 N–H and O–H groups in total. The molecular weight excluding hydrogens is 456 g/mol. The van der Waals surface area contributed by atoms with Crippen molar-refractivity contribution in [3.63, 3.8) is 0 Å². The Labute approximate surface area is 210 Å². The van der Waals surface area contributed by atoms with Crippen LogP contribution in [0.15, 0.2) is 54.6 Å². The van der Waals surface area contributed by atoms with Gasteiger partial charge in [-0.2, -0.15) is 0 Å². The van der Waals surface area contributed by atoms with Crippen LogP contribution >= 0.6 is 0 Å². The first-order valence-electron chi connectivity index (χ1n) is 12.7. The maximum atomic E-state index is 13.9. The molecule has 0 unspecified atom stereocenters. The first-order chi connectivity index (χ1) is 17.5. The summed E-state index contributed by atoms with van der Waals surface area (Å²) in [5.41, 5.74) is 1.32. The lowest BCUT2D eigenvalue weighted by atomic mass is 9.75. The van der Waals surface area contributed by atoms with Gasteiger partial charge in [-0.1, -0.05) is 42.5 Å². The van der Waals surface area contributed by atoms with Crippen LogP contribution in [0.4, 0.5) is 0 Å². The number of amides is 3. The lowest BCUT2D eigenvalue weighted by Gasteiger charge is -2.37. The number of nitrogens with zero attached hydrogens (tertiary/aromatic N) is 3. The molecule has 2 aliphatic rings. The number of ether oxygens (including phenoxy) is 1. The minimum atomic E-state index is -1.20. The highest BCUT2D eigenvalue weighted by molar-refractivity contribution is 6.10. The van der Waals surface area contributed by atoms with Crippen molar-refractivity contribution in [1.82, 2.24) is 19.8 Å². The van der Waals surface area contributed by atoms with E-state index in [1.165, 1.54) is 4.90 Å². The fourth-order valence-electron chi connectivity index (χ4n) is 5.62. The molecule has 0 bridgehead atoms. The zero-order chi connectivity index (χ0) is 25.1. The third-order valence-corrected chi connectivity index (χ3v) is 7.46. The molecular formula is C28H32N4O4. The Morgan fingerprint density at radius 2 is 1.89 bits per heavy atom. The zero-order valence-corrected chi connectivity index (χ0v) is 20.6. The van der Waals surface area contributed by atoms with Gasteiger partial charge in [-0.25, -0.2) is 4.98 Å². The van der Waals surface area contributed by atoms with Crippen molar-refractivity contribution in [2.24, 2.45) is 0 Å². The Hall–Kier alpha value is -3.52. The molecule has 2 aliphatic heterocycles. The molecule has 0 radical (unpaired) electrons. The second kappa shape index (κ2) is 10.2. The number of imide groups is 1. The number of benzene rings is 2. The molecule has 2 fully saturated rings. The van der Waals surface area contributed by atoms with E-state index < -0.39 is 5.41 Å². The van der Waals surface area contributed by atoms with Gasteiger partial charge in [0.2, 0.25) is 17.7 Å². The molecule has 8 heteroatoms. The summed E-state index contributed by atoms with van der Waals surface area (Å²) >= 11 is 0. The predicted octanol–water partition coefficient (Wildman–Crippen LogP) is 3.74. The van der Waals surface area contributed by atoms with Gasteiger partial charge in [-0.05, 0) is 43.4 Å². The van der Waals surface area contributed by atoms with Crippen LogP contribution in [0.2, 0.25) is 0 Å². The van der Waals surface area contributed by atoms with Crippen LogP contribution < -0.4 is 0 Å². The molecule has 2 saturated heterocycles. The van der Waals surface area contributed by atoms with Crippen LogP contribution in [0, 0.1) is 0 Å². The summed E-state index contributed by atoms with van der Waals surface area (Å²) in [4.78, 5) is 52.1. The summed E-state index contributed by atoms with van der Waals surface area (Å²) in [6, 6.07) is 16.9. The standard InChI is InChI=1S/C28H32N4O4/c1-36-17-9-16-32-25(34)19-28(27(32)35,20-10-3-2-4-11-20)18-24(33)31-15-8-7-14-23(31)26-29-21-12-5-6-13-22(21)30-26/h2-6,10-13,23H,7-9,14-19H2,1H3,(H,29,30)/t23-,28-/m1/s1. The average molecular weight is 489 g/mol. The molecule has 2 atom stereocenters. The summed E-state index contributed by atoms with van der Waals surface area (Å²) in [7, 11) is 1.59. The second-order valence-electron chi connectivity index (χ2n) is 9.74. The number of fused-ring (bicyclic) bond motifs is 1. The number of imidazole rings is 1. The van der Waals surface area contributed by atoms with Crippen molar-refractivity contribution in [3.05, 3.63) is 66.0 Å². The normalized spacial score (nSPS) is 22.5. The van der Waals surface area contributed by atoms with Crippen LogP contribution in [0.5, 0.6) is 0 Å². The molecule has 36 heavy (non-hydrogen) atoms. The molecule has 2 aromatic carbocycles. The molecule has 0 spiro atoms. The molecule has 3 heterocycles. The van der Waals surface area contributed by atoms with Gasteiger partial charge in [0.15, 0.2) is 0 Å². The van der Waals surface area contributed by atoms with E-state index in [4.69, 9.17) is 9.72 Å². The number of piperidine rings is 1. The summed E-state index contributed by atoms with van der Waals surface area (Å²) in [5.74, 6) is 0.123. The Morgan fingerprint density at radius 3 is 2.67 bits per heavy atom. The summed E-state index contributed by atoms with van der Waals surface area (Å²) in [5, 5.41) is 0. The van der Waals surface area contributed by atoms with Gasteiger partial charge in [0.25, 0.3) is 0 Å². The lowest BCUT2D eigenvalue weighted by Crippen LogP contribution is -2.46. The lowest BCUT2D eigenvalue weighted by molar-refractivity contribution is -0.144. The third kappa shape index (κ3) is 4.41. The van der Waals surface area contributed by atoms with Gasteiger partial charge in [-0.15, -0.1) is 0 Å². The first-order valence-corrected chi connectivity index (χ1v) is 12.7. The van der Waals surface area contributed by atoms with Crippen molar-refractivity contribution in [2.75, 3.05) is 26.8 Å². The molecule has 3 amide bonds. The second-order valence-corrected chi connectivity index (χ2v) is 9.74. The average Bonchev–Trinajstić information content (AvgIpc) is 3.44. The minimum absolute atomic E-state index is 0.00227. The Balaban J connectivity index is 1.45. The molecule has 8 nitrogen and oxygen atoms in total. The van der Waals surface area contributed by atoms with Crippen molar-refractivity contribution in [3.8, 4) is 0 Å². The number of methoxy groups -OCH3 is 1. The number of para-hydroxylation sites is 2. The summed E-state index contributed by atoms with van der Waals surface area (Å²) in [6.07, 6.45) is 3.22. The monoisotopic (exact) mass is 488 g/mol.